The number of hydrogen-bond donors (Lipinski definition) is 1. The van der Waals surface area contributed by atoms with Crippen molar-refractivity contribution in [3.8, 4) is 0 Å². The lowest BCUT2D eigenvalue weighted by molar-refractivity contribution is 0.626. The van der Waals surface area contributed by atoms with Gasteiger partial charge >= 0.3 is 0 Å². The van der Waals surface area contributed by atoms with Crippen molar-refractivity contribution in [1.29, 1.82) is 0 Å². The second-order valence-electron chi connectivity index (χ2n) is 3.94. The topological polar surface area (TPSA) is 12.0 Å². The van der Waals surface area contributed by atoms with Crippen LogP contribution in [0.1, 0.15) is 23.4 Å². The second-order valence-corrected chi connectivity index (χ2v) is 6.43. The first-order valence-electron chi connectivity index (χ1n) is 5.35. The standard InChI is InChI=1S/C13H13BrFNS/c1-8-4-3-5-10(15)13(8)16-9(2)11-6-7-12(14)17-11/h3-7,9,16H,1-2H3. The normalized spacial score (nSPS) is 12.5. The van der Waals surface area contributed by atoms with Gasteiger partial charge in [-0.2, -0.15) is 0 Å². The van der Waals surface area contributed by atoms with Gasteiger partial charge < -0.3 is 5.32 Å². The summed E-state index contributed by atoms with van der Waals surface area (Å²) in [5.41, 5.74) is 1.51. The van der Waals surface area contributed by atoms with Crippen LogP contribution in [0, 0.1) is 12.7 Å². The number of nitrogens with one attached hydrogen (secondary N) is 1. The molecule has 1 nitrogen and oxygen atoms in total. The van der Waals surface area contributed by atoms with Crippen LogP contribution >= 0.6 is 27.3 Å². The summed E-state index contributed by atoms with van der Waals surface area (Å²) >= 11 is 5.09. The Morgan fingerprint density at radius 3 is 2.65 bits per heavy atom. The Morgan fingerprint density at radius 1 is 1.29 bits per heavy atom. The molecule has 1 heterocycles. The molecule has 0 aliphatic rings. The molecule has 4 heteroatoms. The van der Waals surface area contributed by atoms with E-state index < -0.39 is 0 Å². The lowest BCUT2D eigenvalue weighted by atomic mass is 10.1. The van der Waals surface area contributed by atoms with E-state index in [1.54, 1.807) is 17.4 Å². The fraction of sp³-hybridized carbons (Fsp3) is 0.231. The van der Waals surface area contributed by atoms with E-state index >= 15 is 0 Å². The Hall–Kier alpha value is -0.870. The molecule has 0 aliphatic carbocycles. The van der Waals surface area contributed by atoms with E-state index in [9.17, 15) is 4.39 Å². The molecule has 2 rings (SSSR count). The van der Waals surface area contributed by atoms with E-state index in [2.05, 4.69) is 21.2 Å². The number of aryl methyl sites for hydroxylation is 1. The molecular weight excluding hydrogens is 301 g/mol. The quantitative estimate of drug-likeness (QED) is 0.828. The molecule has 0 saturated carbocycles. The highest BCUT2D eigenvalue weighted by Crippen LogP contribution is 2.30. The Kier molecular flexibility index (Phi) is 3.84. The van der Waals surface area contributed by atoms with Gasteiger partial charge in [-0.1, -0.05) is 12.1 Å². The molecule has 1 aromatic heterocycles. The van der Waals surface area contributed by atoms with E-state index in [1.807, 2.05) is 32.0 Å². The van der Waals surface area contributed by atoms with Gasteiger partial charge in [-0.05, 0) is 53.5 Å². The van der Waals surface area contributed by atoms with Crippen LogP contribution in [0.3, 0.4) is 0 Å². The summed E-state index contributed by atoms with van der Waals surface area (Å²) < 4.78 is 14.8. The average molecular weight is 314 g/mol. The first kappa shape index (κ1) is 12.6. The Morgan fingerprint density at radius 2 is 2.06 bits per heavy atom. The molecular formula is C13H13BrFNS. The highest BCUT2D eigenvalue weighted by Gasteiger charge is 2.11. The molecule has 0 saturated heterocycles. The number of rotatable bonds is 3. The number of para-hydroxylation sites is 1. The van der Waals surface area contributed by atoms with Crippen molar-refractivity contribution >= 4 is 33.0 Å². The SMILES string of the molecule is Cc1cccc(F)c1NC(C)c1ccc(Br)s1. The van der Waals surface area contributed by atoms with Gasteiger partial charge in [0.2, 0.25) is 0 Å². The molecule has 1 unspecified atom stereocenters. The minimum atomic E-state index is -0.201. The molecule has 0 fully saturated rings. The number of halogens is 2. The zero-order chi connectivity index (χ0) is 12.4. The summed E-state index contributed by atoms with van der Waals surface area (Å²) in [7, 11) is 0. The minimum absolute atomic E-state index is 0.0990. The third kappa shape index (κ3) is 2.87. The van der Waals surface area contributed by atoms with Crippen LogP contribution in [0.5, 0.6) is 0 Å². The Bertz CT molecular complexity index is 504. The smallest absolute Gasteiger partial charge is 0.146 e. The number of anilines is 1. The highest BCUT2D eigenvalue weighted by atomic mass is 79.9. The molecule has 0 aliphatic heterocycles. The van der Waals surface area contributed by atoms with Crippen LogP contribution in [0.4, 0.5) is 10.1 Å². The van der Waals surface area contributed by atoms with Gasteiger partial charge in [0.15, 0.2) is 0 Å². The molecule has 1 atom stereocenters. The van der Waals surface area contributed by atoms with Gasteiger partial charge in [0.25, 0.3) is 0 Å². The van der Waals surface area contributed by atoms with Gasteiger partial charge in [-0.25, -0.2) is 4.39 Å². The summed E-state index contributed by atoms with van der Waals surface area (Å²) in [6.07, 6.45) is 0. The van der Waals surface area contributed by atoms with Crippen molar-refractivity contribution in [2.75, 3.05) is 5.32 Å². The van der Waals surface area contributed by atoms with Crippen molar-refractivity contribution in [3.63, 3.8) is 0 Å². The summed E-state index contributed by atoms with van der Waals surface area (Å²) in [6.45, 7) is 3.94. The van der Waals surface area contributed by atoms with Crippen LogP contribution in [-0.4, -0.2) is 0 Å². The largest absolute Gasteiger partial charge is 0.375 e. The Labute approximate surface area is 113 Å². The molecule has 0 amide bonds. The summed E-state index contributed by atoms with van der Waals surface area (Å²) in [5, 5.41) is 3.22. The van der Waals surface area contributed by atoms with Gasteiger partial charge in [0.05, 0.1) is 15.5 Å². The van der Waals surface area contributed by atoms with Crippen molar-refractivity contribution in [1.82, 2.24) is 0 Å². The zero-order valence-electron chi connectivity index (χ0n) is 9.63. The zero-order valence-corrected chi connectivity index (χ0v) is 12.0. The van der Waals surface area contributed by atoms with Crippen molar-refractivity contribution < 1.29 is 4.39 Å². The van der Waals surface area contributed by atoms with Crippen molar-refractivity contribution in [3.05, 3.63) is 50.4 Å². The maximum absolute atomic E-state index is 13.7. The van der Waals surface area contributed by atoms with E-state index in [0.717, 1.165) is 9.35 Å². The summed E-state index contributed by atoms with van der Waals surface area (Å²) in [6, 6.07) is 9.26. The minimum Gasteiger partial charge on any atom is -0.375 e. The predicted octanol–water partition coefficient (Wildman–Crippen LogP) is 5.13. The first-order valence-corrected chi connectivity index (χ1v) is 6.96. The van der Waals surface area contributed by atoms with Crippen LogP contribution < -0.4 is 5.32 Å². The molecule has 17 heavy (non-hydrogen) atoms. The highest BCUT2D eigenvalue weighted by molar-refractivity contribution is 9.11. The van der Waals surface area contributed by atoms with E-state index in [0.29, 0.717) is 5.69 Å². The van der Waals surface area contributed by atoms with Crippen LogP contribution in [0.15, 0.2) is 34.1 Å². The van der Waals surface area contributed by atoms with E-state index in [4.69, 9.17) is 0 Å². The van der Waals surface area contributed by atoms with Crippen molar-refractivity contribution in [2.45, 2.75) is 19.9 Å². The maximum Gasteiger partial charge on any atom is 0.146 e. The van der Waals surface area contributed by atoms with E-state index in [1.165, 1.54) is 10.9 Å². The average Bonchev–Trinajstić information content (AvgIpc) is 2.70. The molecule has 0 spiro atoms. The molecule has 0 bridgehead atoms. The monoisotopic (exact) mass is 313 g/mol. The molecule has 90 valence electrons. The fourth-order valence-corrected chi connectivity index (χ4v) is 3.09. The van der Waals surface area contributed by atoms with Gasteiger partial charge in [-0.15, -0.1) is 11.3 Å². The fourth-order valence-electron chi connectivity index (χ4n) is 1.66. The van der Waals surface area contributed by atoms with Crippen LogP contribution in [0.25, 0.3) is 0 Å². The van der Waals surface area contributed by atoms with Gasteiger partial charge in [0, 0.05) is 4.88 Å². The van der Waals surface area contributed by atoms with Gasteiger partial charge in [-0.3, -0.25) is 0 Å². The molecule has 1 N–H and O–H groups in total. The first-order chi connectivity index (χ1) is 8.08. The molecule has 1 aromatic carbocycles. The third-order valence-electron chi connectivity index (χ3n) is 2.60. The van der Waals surface area contributed by atoms with E-state index in [-0.39, 0.29) is 11.9 Å². The lowest BCUT2D eigenvalue weighted by Crippen LogP contribution is -2.07. The number of hydrogen-bond acceptors (Lipinski definition) is 2. The second kappa shape index (κ2) is 5.19. The predicted molar refractivity (Wildman–Crippen MR) is 75.2 cm³/mol. The van der Waals surface area contributed by atoms with Crippen LogP contribution in [0.2, 0.25) is 0 Å². The van der Waals surface area contributed by atoms with Gasteiger partial charge in [0.1, 0.15) is 5.82 Å². The summed E-state index contributed by atoms with van der Waals surface area (Å²) in [4.78, 5) is 1.18. The molecule has 0 radical (unpaired) electrons. The van der Waals surface area contributed by atoms with Crippen molar-refractivity contribution in [2.24, 2.45) is 0 Å². The number of benzene rings is 1. The maximum atomic E-state index is 13.7. The Balaban J connectivity index is 2.21. The lowest BCUT2D eigenvalue weighted by Gasteiger charge is -2.16. The number of thiophene rings is 1. The molecule has 2 aromatic rings. The van der Waals surface area contributed by atoms with Crippen LogP contribution in [-0.2, 0) is 0 Å². The third-order valence-corrected chi connectivity index (χ3v) is 4.41. The summed E-state index contributed by atoms with van der Waals surface area (Å²) in [5.74, 6) is -0.201.